The van der Waals surface area contributed by atoms with Crippen LogP contribution in [0.1, 0.15) is 35.4 Å². The molecule has 0 radical (unpaired) electrons. The summed E-state index contributed by atoms with van der Waals surface area (Å²) >= 11 is 1.52. The second kappa shape index (κ2) is 9.01. The van der Waals surface area contributed by atoms with Crippen molar-refractivity contribution in [2.24, 2.45) is 5.92 Å². The van der Waals surface area contributed by atoms with Crippen LogP contribution in [0.15, 0.2) is 11.0 Å². The Hall–Kier alpha value is -0.670. The molecule has 2 aliphatic heterocycles. The van der Waals surface area contributed by atoms with Crippen LogP contribution >= 0.6 is 23.7 Å². The van der Waals surface area contributed by atoms with Crippen molar-refractivity contribution >= 4 is 39.7 Å². The zero-order valence-electron chi connectivity index (χ0n) is 15.3. The van der Waals surface area contributed by atoms with Gasteiger partial charge >= 0.3 is 0 Å². The van der Waals surface area contributed by atoms with E-state index in [4.69, 9.17) is 0 Å². The molecule has 2 atom stereocenters. The smallest absolute Gasteiger partial charge is 0.244 e. The molecule has 148 valence electrons. The maximum absolute atomic E-state index is 12.9. The van der Waals surface area contributed by atoms with E-state index in [2.05, 4.69) is 10.6 Å². The standard InChI is InChI=1S/C17H27N3O3S2.ClH/c1-12-9-16(13(2)24-12)25(22,23)20-8-4-5-14(11-20)10-19-17(21)15-6-3-7-18-15;/h9,14-15,18H,3-8,10-11H2,1-2H3,(H,19,21);1H. The van der Waals surface area contributed by atoms with E-state index in [0.29, 0.717) is 24.5 Å². The van der Waals surface area contributed by atoms with Crippen LogP contribution in [-0.2, 0) is 14.8 Å². The van der Waals surface area contributed by atoms with Gasteiger partial charge in [0.05, 0.1) is 10.9 Å². The molecule has 0 aliphatic carbocycles. The highest BCUT2D eigenvalue weighted by Gasteiger charge is 2.32. The average Bonchev–Trinajstić information content (AvgIpc) is 3.22. The van der Waals surface area contributed by atoms with Gasteiger partial charge in [0, 0.05) is 29.4 Å². The van der Waals surface area contributed by atoms with Crippen LogP contribution in [0.25, 0.3) is 0 Å². The van der Waals surface area contributed by atoms with Crippen LogP contribution in [0.3, 0.4) is 0 Å². The molecule has 0 saturated carbocycles. The Morgan fingerprint density at radius 1 is 1.35 bits per heavy atom. The zero-order valence-corrected chi connectivity index (χ0v) is 17.7. The first-order valence-electron chi connectivity index (χ1n) is 8.96. The van der Waals surface area contributed by atoms with Crippen molar-refractivity contribution in [2.75, 3.05) is 26.2 Å². The number of sulfonamides is 1. The summed E-state index contributed by atoms with van der Waals surface area (Å²) < 4.78 is 27.5. The molecule has 26 heavy (non-hydrogen) atoms. The first-order valence-corrected chi connectivity index (χ1v) is 11.2. The number of carbonyl (C=O) groups excluding carboxylic acids is 1. The molecule has 0 aromatic carbocycles. The number of nitrogens with zero attached hydrogens (tertiary/aromatic N) is 1. The minimum atomic E-state index is -3.44. The van der Waals surface area contributed by atoms with E-state index in [1.807, 2.05) is 13.8 Å². The second-order valence-corrected chi connectivity index (χ2v) is 10.4. The van der Waals surface area contributed by atoms with Gasteiger partial charge in [0.2, 0.25) is 15.9 Å². The molecule has 3 rings (SSSR count). The summed E-state index contributed by atoms with van der Waals surface area (Å²) in [4.78, 5) is 14.4. The highest BCUT2D eigenvalue weighted by Crippen LogP contribution is 2.30. The predicted octanol–water partition coefficient (Wildman–Crippen LogP) is 2.06. The van der Waals surface area contributed by atoms with Gasteiger partial charge in [0.1, 0.15) is 0 Å². The summed E-state index contributed by atoms with van der Waals surface area (Å²) in [7, 11) is -3.44. The van der Waals surface area contributed by atoms with Crippen molar-refractivity contribution in [3.8, 4) is 0 Å². The lowest BCUT2D eigenvalue weighted by molar-refractivity contribution is -0.123. The molecule has 2 fully saturated rings. The van der Waals surface area contributed by atoms with Crippen LogP contribution in [0, 0.1) is 19.8 Å². The van der Waals surface area contributed by atoms with E-state index in [-0.39, 0.29) is 30.3 Å². The number of hydrogen-bond acceptors (Lipinski definition) is 5. The molecule has 2 N–H and O–H groups in total. The maximum atomic E-state index is 12.9. The Bertz CT molecular complexity index is 730. The Labute approximate surface area is 166 Å². The third-order valence-electron chi connectivity index (χ3n) is 5.04. The van der Waals surface area contributed by atoms with Crippen molar-refractivity contribution in [2.45, 2.75) is 50.5 Å². The Kier molecular flexibility index (Phi) is 7.50. The Morgan fingerprint density at radius 3 is 2.73 bits per heavy atom. The molecular weight excluding hydrogens is 394 g/mol. The molecule has 2 saturated heterocycles. The summed E-state index contributed by atoms with van der Waals surface area (Å²) in [5.74, 6) is 0.218. The van der Waals surface area contributed by atoms with Gasteiger partial charge in [0.25, 0.3) is 0 Å². The minimum absolute atomic E-state index is 0. The number of aryl methyl sites for hydroxylation is 2. The van der Waals surface area contributed by atoms with E-state index in [9.17, 15) is 13.2 Å². The molecule has 6 nitrogen and oxygen atoms in total. The van der Waals surface area contributed by atoms with Gasteiger partial charge in [-0.1, -0.05) is 0 Å². The van der Waals surface area contributed by atoms with E-state index in [1.54, 1.807) is 10.4 Å². The lowest BCUT2D eigenvalue weighted by Crippen LogP contribution is -2.46. The summed E-state index contributed by atoms with van der Waals surface area (Å²) in [5, 5.41) is 6.19. The van der Waals surface area contributed by atoms with Crippen molar-refractivity contribution in [1.82, 2.24) is 14.9 Å². The van der Waals surface area contributed by atoms with Gasteiger partial charge in [-0.15, -0.1) is 23.7 Å². The normalized spacial score (nSPS) is 24.2. The monoisotopic (exact) mass is 421 g/mol. The lowest BCUT2D eigenvalue weighted by Gasteiger charge is -2.32. The second-order valence-electron chi connectivity index (χ2n) is 7.04. The van der Waals surface area contributed by atoms with Gasteiger partial charge in [0.15, 0.2) is 0 Å². The van der Waals surface area contributed by atoms with Gasteiger partial charge in [-0.2, -0.15) is 4.31 Å². The number of rotatable bonds is 5. The lowest BCUT2D eigenvalue weighted by atomic mass is 9.99. The fourth-order valence-electron chi connectivity index (χ4n) is 3.69. The van der Waals surface area contributed by atoms with Crippen LogP contribution in [0.4, 0.5) is 0 Å². The number of hydrogen-bond donors (Lipinski definition) is 2. The summed E-state index contributed by atoms with van der Waals surface area (Å²) in [6.45, 7) is 6.28. The topological polar surface area (TPSA) is 78.5 Å². The van der Waals surface area contributed by atoms with Crippen LogP contribution in [0.2, 0.25) is 0 Å². The molecule has 1 aromatic rings. The first-order chi connectivity index (χ1) is 11.9. The van der Waals surface area contributed by atoms with E-state index in [1.165, 1.54) is 11.3 Å². The number of piperidine rings is 1. The molecule has 9 heteroatoms. The number of thiophene rings is 1. The zero-order chi connectivity index (χ0) is 18.0. The van der Waals surface area contributed by atoms with E-state index >= 15 is 0 Å². The number of amides is 1. The molecule has 1 aromatic heterocycles. The highest BCUT2D eigenvalue weighted by atomic mass is 35.5. The van der Waals surface area contributed by atoms with Crippen LogP contribution in [-0.4, -0.2) is 50.9 Å². The van der Waals surface area contributed by atoms with Crippen molar-refractivity contribution in [3.05, 3.63) is 15.8 Å². The predicted molar refractivity (Wildman–Crippen MR) is 107 cm³/mol. The summed E-state index contributed by atoms with van der Waals surface area (Å²) in [6.07, 6.45) is 3.70. The SMILES string of the molecule is Cc1cc(S(=O)(=O)N2CCCC(CNC(=O)C3CCCN3)C2)c(C)s1.Cl. The number of carbonyl (C=O) groups is 1. The number of nitrogens with one attached hydrogen (secondary N) is 2. The van der Waals surface area contributed by atoms with Crippen LogP contribution in [0.5, 0.6) is 0 Å². The largest absolute Gasteiger partial charge is 0.354 e. The quantitative estimate of drug-likeness (QED) is 0.762. The van der Waals surface area contributed by atoms with Crippen LogP contribution < -0.4 is 10.6 Å². The highest BCUT2D eigenvalue weighted by molar-refractivity contribution is 7.89. The fourth-order valence-corrected chi connectivity index (χ4v) is 6.77. The van der Waals surface area contributed by atoms with Gasteiger partial charge in [-0.3, -0.25) is 4.79 Å². The van der Waals surface area contributed by atoms with Crippen molar-refractivity contribution in [3.63, 3.8) is 0 Å². The molecule has 2 unspecified atom stereocenters. The van der Waals surface area contributed by atoms with E-state index in [0.717, 1.165) is 42.0 Å². The average molecular weight is 422 g/mol. The maximum Gasteiger partial charge on any atom is 0.244 e. The number of halogens is 1. The molecular formula is C17H28ClN3O3S2. The molecule has 1 amide bonds. The Balaban J connectivity index is 0.00000243. The van der Waals surface area contributed by atoms with Crippen molar-refractivity contribution < 1.29 is 13.2 Å². The van der Waals surface area contributed by atoms with Gasteiger partial charge in [-0.25, -0.2) is 8.42 Å². The molecule has 3 heterocycles. The Morgan fingerprint density at radius 2 is 2.12 bits per heavy atom. The summed E-state index contributed by atoms with van der Waals surface area (Å²) in [6, 6.07) is 1.69. The summed E-state index contributed by atoms with van der Waals surface area (Å²) in [5.41, 5.74) is 0. The fraction of sp³-hybridized carbons (Fsp3) is 0.706. The molecule has 0 bridgehead atoms. The third-order valence-corrected chi connectivity index (χ3v) is 8.12. The third kappa shape index (κ3) is 4.78. The van der Waals surface area contributed by atoms with Gasteiger partial charge in [-0.05, 0) is 58.1 Å². The first kappa shape index (κ1) is 21.6. The molecule has 0 spiro atoms. The van der Waals surface area contributed by atoms with Crippen molar-refractivity contribution in [1.29, 1.82) is 0 Å². The minimum Gasteiger partial charge on any atom is -0.354 e. The molecule has 2 aliphatic rings. The van der Waals surface area contributed by atoms with E-state index < -0.39 is 10.0 Å². The van der Waals surface area contributed by atoms with Gasteiger partial charge < -0.3 is 10.6 Å².